The molecule has 0 atom stereocenters. The van der Waals surface area contributed by atoms with E-state index in [1.807, 2.05) is 23.1 Å². The van der Waals surface area contributed by atoms with Gasteiger partial charge in [0.05, 0.1) is 6.54 Å². The molecule has 0 amide bonds. The molecule has 126 valence electrons. The monoisotopic (exact) mass is 329 g/mol. The SMILES string of the molecule is Fc1ccc2c(CN3CCN(CCn4cccn4)CC3)noc2c1. The summed E-state index contributed by atoms with van der Waals surface area (Å²) in [7, 11) is 0. The summed E-state index contributed by atoms with van der Waals surface area (Å²) in [6.45, 7) is 6.74. The van der Waals surface area contributed by atoms with E-state index in [1.165, 1.54) is 12.1 Å². The summed E-state index contributed by atoms with van der Waals surface area (Å²) in [5, 5.41) is 9.25. The van der Waals surface area contributed by atoms with Crippen LogP contribution in [0.2, 0.25) is 0 Å². The van der Waals surface area contributed by atoms with Crippen LogP contribution >= 0.6 is 0 Å². The van der Waals surface area contributed by atoms with Crippen LogP contribution in [0.4, 0.5) is 4.39 Å². The van der Waals surface area contributed by atoms with E-state index in [9.17, 15) is 4.39 Å². The van der Waals surface area contributed by atoms with Gasteiger partial charge in [-0.25, -0.2) is 4.39 Å². The molecule has 3 aromatic rings. The van der Waals surface area contributed by atoms with Crippen molar-refractivity contribution in [3.8, 4) is 0 Å². The van der Waals surface area contributed by atoms with Crippen LogP contribution in [0.15, 0.2) is 41.2 Å². The first-order valence-corrected chi connectivity index (χ1v) is 8.24. The van der Waals surface area contributed by atoms with Crippen LogP contribution in [0.3, 0.4) is 0 Å². The molecular formula is C17H20FN5O. The van der Waals surface area contributed by atoms with E-state index in [0.717, 1.165) is 56.9 Å². The Labute approximate surface area is 139 Å². The van der Waals surface area contributed by atoms with Gasteiger partial charge in [0.15, 0.2) is 5.58 Å². The van der Waals surface area contributed by atoms with Crippen molar-refractivity contribution in [2.45, 2.75) is 13.1 Å². The summed E-state index contributed by atoms with van der Waals surface area (Å²) >= 11 is 0. The van der Waals surface area contributed by atoms with Crippen LogP contribution < -0.4 is 0 Å². The summed E-state index contributed by atoms with van der Waals surface area (Å²) in [6.07, 6.45) is 3.81. The molecule has 1 aromatic carbocycles. The van der Waals surface area contributed by atoms with Crippen molar-refractivity contribution in [3.05, 3.63) is 48.2 Å². The van der Waals surface area contributed by atoms with Crippen molar-refractivity contribution >= 4 is 11.0 Å². The van der Waals surface area contributed by atoms with Crippen molar-refractivity contribution in [2.75, 3.05) is 32.7 Å². The fourth-order valence-electron chi connectivity index (χ4n) is 3.14. The van der Waals surface area contributed by atoms with E-state index in [1.54, 1.807) is 6.07 Å². The van der Waals surface area contributed by atoms with Crippen molar-refractivity contribution in [2.24, 2.45) is 0 Å². The molecule has 0 spiro atoms. The zero-order chi connectivity index (χ0) is 16.4. The Kier molecular flexibility index (Phi) is 4.27. The fourth-order valence-corrected chi connectivity index (χ4v) is 3.14. The molecule has 4 rings (SSSR count). The second-order valence-corrected chi connectivity index (χ2v) is 6.16. The summed E-state index contributed by atoms with van der Waals surface area (Å²) in [5.41, 5.74) is 1.40. The number of hydrogen-bond donors (Lipinski definition) is 0. The van der Waals surface area contributed by atoms with Crippen molar-refractivity contribution in [1.29, 1.82) is 0 Å². The highest BCUT2D eigenvalue weighted by Crippen LogP contribution is 2.21. The number of piperazine rings is 1. The maximum Gasteiger partial charge on any atom is 0.170 e. The van der Waals surface area contributed by atoms with Crippen LogP contribution in [0.25, 0.3) is 11.0 Å². The van der Waals surface area contributed by atoms with Crippen molar-refractivity contribution in [1.82, 2.24) is 24.7 Å². The molecule has 0 bridgehead atoms. The van der Waals surface area contributed by atoms with Gasteiger partial charge in [0.1, 0.15) is 11.5 Å². The number of hydrogen-bond acceptors (Lipinski definition) is 5. The lowest BCUT2D eigenvalue weighted by Crippen LogP contribution is -2.46. The van der Waals surface area contributed by atoms with Gasteiger partial charge < -0.3 is 4.52 Å². The van der Waals surface area contributed by atoms with E-state index in [-0.39, 0.29) is 5.82 Å². The van der Waals surface area contributed by atoms with Gasteiger partial charge in [0.2, 0.25) is 0 Å². The average molecular weight is 329 g/mol. The molecule has 1 saturated heterocycles. The number of aromatic nitrogens is 3. The van der Waals surface area contributed by atoms with Crippen LogP contribution in [0.1, 0.15) is 5.69 Å². The van der Waals surface area contributed by atoms with E-state index in [4.69, 9.17) is 4.52 Å². The number of fused-ring (bicyclic) bond motifs is 1. The number of nitrogens with zero attached hydrogens (tertiary/aromatic N) is 5. The molecule has 0 saturated carbocycles. The third kappa shape index (κ3) is 3.32. The molecule has 0 aliphatic carbocycles. The lowest BCUT2D eigenvalue weighted by Gasteiger charge is -2.34. The number of halogens is 1. The molecule has 1 aliphatic heterocycles. The Hall–Kier alpha value is -2.25. The third-order valence-corrected chi connectivity index (χ3v) is 4.55. The van der Waals surface area contributed by atoms with Crippen LogP contribution in [0.5, 0.6) is 0 Å². The maximum absolute atomic E-state index is 13.2. The molecule has 6 nitrogen and oxygen atoms in total. The maximum atomic E-state index is 13.2. The first-order valence-electron chi connectivity index (χ1n) is 8.24. The topological polar surface area (TPSA) is 50.3 Å². The van der Waals surface area contributed by atoms with Crippen molar-refractivity contribution < 1.29 is 8.91 Å². The second-order valence-electron chi connectivity index (χ2n) is 6.16. The van der Waals surface area contributed by atoms with Gasteiger partial charge in [-0.3, -0.25) is 14.5 Å². The van der Waals surface area contributed by atoms with Crippen LogP contribution in [0, 0.1) is 5.82 Å². The predicted octanol–water partition coefficient (Wildman–Crippen LogP) is 1.98. The molecule has 2 aromatic heterocycles. The van der Waals surface area contributed by atoms with E-state index in [0.29, 0.717) is 5.58 Å². The van der Waals surface area contributed by atoms with Gasteiger partial charge in [0, 0.05) is 63.1 Å². The summed E-state index contributed by atoms with van der Waals surface area (Å²) in [6, 6.07) is 6.54. The van der Waals surface area contributed by atoms with Gasteiger partial charge in [0.25, 0.3) is 0 Å². The molecular weight excluding hydrogens is 309 g/mol. The quantitative estimate of drug-likeness (QED) is 0.716. The molecule has 24 heavy (non-hydrogen) atoms. The van der Waals surface area contributed by atoms with Gasteiger partial charge in [-0.1, -0.05) is 5.16 Å². The summed E-state index contributed by atoms with van der Waals surface area (Å²) in [5.74, 6) is -0.295. The van der Waals surface area contributed by atoms with E-state index < -0.39 is 0 Å². The Balaban J connectivity index is 1.31. The molecule has 0 N–H and O–H groups in total. The molecule has 7 heteroatoms. The Bertz CT molecular complexity index is 793. The molecule has 0 unspecified atom stereocenters. The second kappa shape index (κ2) is 6.70. The minimum Gasteiger partial charge on any atom is -0.356 e. The number of rotatable bonds is 5. The zero-order valence-corrected chi connectivity index (χ0v) is 13.4. The summed E-state index contributed by atoms with van der Waals surface area (Å²) < 4.78 is 20.4. The van der Waals surface area contributed by atoms with Gasteiger partial charge >= 0.3 is 0 Å². The normalized spacial score (nSPS) is 16.9. The minimum atomic E-state index is -0.295. The lowest BCUT2D eigenvalue weighted by atomic mass is 10.2. The van der Waals surface area contributed by atoms with E-state index >= 15 is 0 Å². The average Bonchev–Trinajstić information content (AvgIpc) is 3.24. The largest absolute Gasteiger partial charge is 0.356 e. The Morgan fingerprint density at radius 1 is 1.08 bits per heavy atom. The minimum absolute atomic E-state index is 0.295. The molecule has 1 aliphatic rings. The Morgan fingerprint density at radius 3 is 2.71 bits per heavy atom. The first kappa shape index (κ1) is 15.3. The smallest absolute Gasteiger partial charge is 0.170 e. The molecule has 0 radical (unpaired) electrons. The predicted molar refractivity (Wildman–Crippen MR) is 87.9 cm³/mol. The van der Waals surface area contributed by atoms with Gasteiger partial charge in [-0.15, -0.1) is 0 Å². The van der Waals surface area contributed by atoms with E-state index in [2.05, 4.69) is 20.1 Å². The summed E-state index contributed by atoms with van der Waals surface area (Å²) in [4.78, 5) is 4.82. The number of benzene rings is 1. The highest BCUT2D eigenvalue weighted by atomic mass is 19.1. The molecule has 1 fully saturated rings. The van der Waals surface area contributed by atoms with Gasteiger partial charge in [-0.05, 0) is 18.2 Å². The fraction of sp³-hybridized carbons (Fsp3) is 0.412. The molecule has 3 heterocycles. The standard InChI is InChI=1S/C17H20FN5O/c18-14-2-3-15-16(20-24-17(15)12-14)13-22-8-6-21(7-9-22)10-11-23-5-1-4-19-23/h1-5,12H,6-11,13H2. The van der Waals surface area contributed by atoms with Crippen LogP contribution in [-0.2, 0) is 13.1 Å². The lowest BCUT2D eigenvalue weighted by molar-refractivity contribution is 0.121. The highest BCUT2D eigenvalue weighted by molar-refractivity contribution is 5.79. The van der Waals surface area contributed by atoms with Crippen molar-refractivity contribution in [3.63, 3.8) is 0 Å². The first-order chi connectivity index (χ1) is 11.8. The van der Waals surface area contributed by atoms with Gasteiger partial charge in [-0.2, -0.15) is 5.10 Å². The Morgan fingerprint density at radius 2 is 1.92 bits per heavy atom. The highest BCUT2D eigenvalue weighted by Gasteiger charge is 2.19. The zero-order valence-electron chi connectivity index (χ0n) is 13.4. The van der Waals surface area contributed by atoms with Crippen LogP contribution in [-0.4, -0.2) is 57.5 Å². The third-order valence-electron chi connectivity index (χ3n) is 4.55.